The van der Waals surface area contributed by atoms with Gasteiger partial charge in [-0.05, 0) is 0 Å². The van der Waals surface area contributed by atoms with Crippen molar-refractivity contribution in [1.29, 1.82) is 0 Å². The molecular formula is C11H16ClN5O3. The summed E-state index contributed by atoms with van der Waals surface area (Å²) in [5.74, 6) is 0.194. The van der Waals surface area contributed by atoms with Crippen molar-refractivity contribution in [2.24, 2.45) is 0 Å². The van der Waals surface area contributed by atoms with Crippen molar-refractivity contribution in [1.82, 2.24) is 9.88 Å². The van der Waals surface area contributed by atoms with Crippen LogP contribution in [0.25, 0.3) is 0 Å². The van der Waals surface area contributed by atoms with Crippen molar-refractivity contribution in [3.05, 3.63) is 11.2 Å². The topological polar surface area (TPSA) is 118 Å². The van der Waals surface area contributed by atoms with Crippen LogP contribution in [0.2, 0.25) is 5.02 Å². The van der Waals surface area contributed by atoms with E-state index in [4.69, 9.17) is 32.9 Å². The molecule has 1 aliphatic heterocycles. The van der Waals surface area contributed by atoms with E-state index in [1.165, 1.54) is 13.2 Å². The van der Waals surface area contributed by atoms with Crippen LogP contribution in [-0.4, -0.2) is 54.1 Å². The molecule has 0 bridgehead atoms. The standard InChI is InChI=1S/C11H16ClN5O3/c1-16(11(18)19)7-5-17(2-3-20-7)9-6(12)4-15-10(14)8(9)13/h4,7H,2-3,5,13H2,1H3,(H2,14,15)(H,18,19). The number of halogens is 1. The van der Waals surface area contributed by atoms with Gasteiger partial charge in [-0.3, -0.25) is 4.90 Å². The Bertz CT molecular complexity index is 527. The predicted octanol–water partition coefficient (Wildman–Crippen LogP) is 0.672. The van der Waals surface area contributed by atoms with Gasteiger partial charge in [-0.1, -0.05) is 11.6 Å². The molecule has 2 rings (SSSR count). The highest BCUT2D eigenvalue weighted by Gasteiger charge is 2.29. The summed E-state index contributed by atoms with van der Waals surface area (Å²) in [6.07, 6.45) is -0.232. The number of hydrogen-bond acceptors (Lipinski definition) is 6. The quantitative estimate of drug-likeness (QED) is 0.734. The first-order valence-corrected chi connectivity index (χ1v) is 6.31. The van der Waals surface area contributed by atoms with Gasteiger partial charge in [0, 0.05) is 13.6 Å². The maximum atomic E-state index is 11.0. The lowest BCUT2D eigenvalue weighted by Gasteiger charge is -2.38. The Morgan fingerprint density at radius 1 is 1.65 bits per heavy atom. The van der Waals surface area contributed by atoms with E-state index >= 15 is 0 Å². The smallest absolute Gasteiger partial charge is 0.409 e. The van der Waals surface area contributed by atoms with Gasteiger partial charge in [-0.15, -0.1) is 0 Å². The molecule has 2 heterocycles. The average Bonchev–Trinajstić information content (AvgIpc) is 2.43. The van der Waals surface area contributed by atoms with E-state index in [1.807, 2.05) is 4.90 Å². The molecule has 0 spiro atoms. The Hall–Kier alpha value is -1.93. The van der Waals surface area contributed by atoms with Crippen LogP contribution in [0.5, 0.6) is 0 Å². The second kappa shape index (κ2) is 5.59. The molecule has 1 amide bonds. The Labute approximate surface area is 120 Å². The first-order chi connectivity index (χ1) is 9.41. The highest BCUT2D eigenvalue weighted by Crippen LogP contribution is 2.35. The fourth-order valence-corrected chi connectivity index (χ4v) is 2.29. The van der Waals surface area contributed by atoms with Crippen LogP contribution in [-0.2, 0) is 4.74 Å². The van der Waals surface area contributed by atoms with E-state index < -0.39 is 12.3 Å². The Morgan fingerprint density at radius 3 is 3.00 bits per heavy atom. The van der Waals surface area contributed by atoms with Crippen LogP contribution in [0.4, 0.5) is 22.0 Å². The molecule has 8 nitrogen and oxygen atoms in total. The van der Waals surface area contributed by atoms with Gasteiger partial charge >= 0.3 is 6.09 Å². The summed E-state index contributed by atoms with van der Waals surface area (Å²) in [4.78, 5) is 17.8. The molecule has 0 radical (unpaired) electrons. The maximum Gasteiger partial charge on any atom is 0.409 e. The van der Waals surface area contributed by atoms with Gasteiger partial charge in [0.25, 0.3) is 0 Å². The molecule has 5 N–H and O–H groups in total. The third-order valence-electron chi connectivity index (χ3n) is 3.17. The molecule has 1 aromatic heterocycles. The number of rotatable bonds is 2. The summed E-state index contributed by atoms with van der Waals surface area (Å²) in [6.45, 7) is 1.22. The van der Waals surface area contributed by atoms with Gasteiger partial charge in [-0.25, -0.2) is 9.78 Å². The molecule has 1 aliphatic rings. The number of pyridine rings is 1. The molecule has 1 unspecified atom stereocenters. The number of carboxylic acid groups (broad SMARTS) is 1. The third-order valence-corrected chi connectivity index (χ3v) is 3.45. The summed E-state index contributed by atoms with van der Waals surface area (Å²) < 4.78 is 5.44. The van der Waals surface area contributed by atoms with E-state index in [0.29, 0.717) is 30.4 Å². The number of amides is 1. The molecule has 1 atom stereocenters. The molecule has 9 heteroatoms. The molecule has 0 aromatic carbocycles. The molecule has 1 aromatic rings. The van der Waals surface area contributed by atoms with E-state index in [1.54, 1.807) is 0 Å². The van der Waals surface area contributed by atoms with Gasteiger partial charge in [0.1, 0.15) is 5.82 Å². The molecule has 0 aliphatic carbocycles. The van der Waals surface area contributed by atoms with Crippen LogP contribution >= 0.6 is 11.6 Å². The van der Waals surface area contributed by atoms with E-state index in [9.17, 15) is 4.79 Å². The molecule has 110 valence electrons. The summed E-state index contributed by atoms with van der Waals surface area (Å²) in [6, 6.07) is 0. The Morgan fingerprint density at radius 2 is 2.35 bits per heavy atom. The maximum absolute atomic E-state index is 11.0. The van der Waals surface area contributed by atoms with Gasteiger partial charge in [0.15, 0.2) is 6.23 Å². The number of hydrogen-bond donors (Lipinski definition) is 3. The number of nitrogens with two attached hydrogens (primary N) is 2. The van der Waals surface area contributed by atoms with Crippen molar-refractivity contribution < 1.29 is 14.6 Å². The summed E-state index contributed by atoms with van der Waals surface area (Å²) in [7, 11) is 1.45. The van der Waals surface area contributed by atoms with E-state index in [2.05, 4.69) is 4.98 Å². The van der Waals surface area contributed by atoms with E-state index in [0.717, 1.165) is 4.90 Å². The minimum atomic E-state index is -1.06. The number of morpholine rings is 1. The summed E-state index contributed by atoms with van der Waals surface area (Å²) >= 11 is 6.11. The highest BCUT2D eigenvalue weighted by atomic mass is 35.5. The second-order valence-electron chi connectivity index (χ2n) is 4.42. The van der Waals surface area contributed by atoms with Crippen LogP contribution in [0.15, 0.2) is 6.20 Å². The fourth-order valence-electron chi connectivity index (χ4n) is 2.02. The zero-order valence-electron chi connectivity index (χ0n) is 10.9. The summed E-state index contributed by atoms with van der Waals surface area (Å²) in [5, 5.41) is 9.36. The number of nitrogens with zero attached hydrogens (tertiary/aromatic N) is 3. The first-order valence-electron chi connectivity index (χ1n) is 5.93. The number of ether oxygens (including phenoxy) is 1. The SMILES string of the molecule is CN(C(=O)O)C1CN(c2c(Cl)cnc(N)c2N)CCO1. The van der Waals surface area contributed by atoms with Gasteiger partial charge < -0.3 is 26.2 Å². The molecular weight excluding hydrogens is 286 g/mol. The van der Waals surface area contributed by atoms with E-state index in [-0.39, 0.29) is 11.5 Å². The first kappa shape index (κ1) is 14.5. The van der Waals surface area contributed by atoms with Crippen molar-refractivity contribution in [3.8, 4) is 0 Å². The molecule has 20 heavy (non-hydrogen) atoms. The van der Waals surface area contributed by atoms with Crippen LogP contribution in [0.1, 0.15) is 0 Å². The van der Waals surface area contributed by atoms with Crippen molar-refractivity contribution in [2.45, 2.75) is 6.23 Å². The zero-order chi connectivity index (χ0) is 14.9. The highest BCUT2D eigenvalue weighted by molar-refractivity contribution is 6.34. The van der Waals surface area contributed by atoms with Crippen LogP contribution in [0, 0.1) is 0 Å². The minimum Gasteiger partial charge on any atom is -0.465 e. The summed E-state index contributed by atoms with van der Waals surface area (Å²) in [5.41, 5.74) is 12.4. The molecule has 0 saturated carbocycles. The lowest BCUT2D eigenvalue weighted by atomic mass is 10.2. The monoisotopic (exact) mass is 301 g/mol. The van der Waals surface area contributed by atoms with Gasteiger partial charge in [-0.2, -0.15) is 0 Å². The van der Waals surface area contributed by atoms with Gasteiger partial charge in [0.05, 0.1) is 35.7 Å². The predicted molar refractivity (Wildman–Crippen MR) is 75.8 cm³/mol. The minimum absolute atomic E-state index is 0.194. The zero-order valence-corrected chi connectivity index (χ0v) is 11.7. The van der Waals surface area contributed by atoms with Crippen molar-refractivity contribution >= 4 is 34.9 Å². The number of nitrogen functional groups attached to an aromatic ring is 2. The number of anilines is 3. The second-order valence-corrected chi connectivity index (χ2v) is 4.83. The third kappa shape index (κ3) is 2.66. The van der Waals surface area contributed by atoms with Crippen molar-refractivity contribution in [3.63, 3.8) is 0 Å². The molecule has 1 fully saturated rings. The normalized spacial score (nSPS) is 18.9. The lowest BCUT2D eigenvalue weighted by molar-refractivity contribution is -0.0446. The molecule has 1 saturated heterocycles. The lowest BCUT2D eigenvalue weighted by Crippen LogP contribution is -2.51. The number of carbonyl (C=O) groups is 1. The van der Waals surface area contributed by atoms with Crippen molar-refractivity contribution in [2.75, 3.05) is 43.1 Å². The van der Waals surface area contributed by atoms with Gasteiger partial charge in [0.2, 0.25) is 0 Å². The largest absolute Gasteiger partial charge is 0.465 e. The van der Waals surface area contributed by atoms with Crippen LogP contribution < -0.4 is 16.4 Å². The Kier molecular flexibility index (Phi) is 4.05. The Balaban J connectivity index is 2.26. The van der Waals surface area contributed by atoms with Crippen LogP contribution in [0.3, 0.4) is 0 Å². The average molecular weight is 302 g/mol. The fraction of sp³-hybridized carbons (Fsp3) is 0.455. The number of aromatic nitrogens is 1. The number of likely N-dealkylation sites (N-methyl/N-ethyl adjacent to an activating group) is 1.